The Hall–Kier alpha value is -1.85. The molecule has 4 nitrogen and oxygen atoms in total. The van der Waals surface area contributed by atoms with Gasteiger partial charge in [0.05, 0.1) is 6.54 Å². The van der Waals surface area contributed by atoms with Crippen molar-refractivity contribution < 1.29 is 13.5 Å². The molecular formula is C14H19F2N3O. The summed E-state index contributed by atoms with van der Waals surface area (Å²) in [6.07, 6.45) is 2.34. The lowest BCUT2D eigenvalue weighted by Gasteiger charge is -2.10. The monoisotopic (exact) mass is 283 g/mol. The summed E-state index contributed by atoms with van der Waals surface area (Å²) in [6.45, 7) is 0.402. The molecule has 0 radical (unpaired) electrons. The maximum absolute atomic E-state index is 12.1. The first-order chi connectivity index (χ1) is 9.67. The fourth-order valence-electron chi connectivity index (χ4n) is 1.73. The first-order valence-corrected chi connectivity index (χ1v) is 6.76. The van der Waals surface area contributed by atoms with Crippen LogP contribution in [0, 0.1) is 0 Å². The molecular weight excluding hydrogens is 264 g/mol. The van der Waals surface area contributed by atoms with Crippen molar-refractivity contribution in [3.8, 4) is 5.75 Å². The van der Waals surface area contributed by atoms with Crippen LogP contribution in [0.2, 0.25) is 0 Å². The van der Waals surface area contributed by atoms with E-state index in [1.54, 1.807) is 12.1 Å². The fourth-order valence-corrected chi connectivity index (χ4v) is 1.73. The zero-order chi connectivity index (χ0) is 14.4. The topological polar surface area (TPSA) is 45.7 Å². The van der Waals surface area contributed by atoms with Crippen LogP contribution in [0.15, 0.2) is 29.3 Å². The van der Waals surface area contributed by atoms with Gasteiger partial charge in [-0.3, -0.25) is 0 Å². The highest BCUT2D eigenvalue weighted by Crippen LogP contribution is 2.19. The maximum Gasteiger partial charge on any atom is 0.387 e. The Bertz CT molecular complexity index is 461. The number of halogens is 2. The van der Waals surface area contributed by atoms with Gasteiger partial charge in [0.15, 0.2) is 5.96 Å². The summed E-state index contributed by atoms with van der Waals surface area (Å²) in [4.78, 5) is 4.44. The molecule has 0 bridgehead atoms. The van der Waals surface area contributed by atoms with E-state index in [0.717, 1.165) is 18.1 Å². The van der Waals surface area contributed by atoms with Crippen molar-refractivity contribution in [3.05, 3.63) is 29.8 Å². The van der Waals surface area contributed by atoms with Crippen molar-refractivity contribution in [2.45, 2.75) is 39.0 Å². The zero-order valence-electron chi connectivity index (χ0n) is 11.4. The summed E-state index contributed by atoms with van der Waals surface area (Å²) in [7, 11) is 0. The van der Waals surface area contributed by atoms with Crippen LogP contribution in [-0.4, -0.2) is 25.2 Å². The number of aliphatic imine (C=N–C) groups is 1. The van der Waals surface area contributed by atoms with E-state index < -0.39 is 6.61 Å². The third-order valence-electron chi connectivity index (χ3n) is 2.81. The van der Waals surface area contributed by atoms with E-state index >= 15 is 0 Å². The number of alkyl halides is 2. The van der Waals surface area contributed by atoms with Crippen LogP contribution in [0.3, 0.4) is 0 Å². The van der Waals surface area contributed by atoms with E-state index in [-0.39, 0.29) is 5.75 Å². The molecule has 2 N–H and O–H groups in total. The summed E-state index contributed by atoms with van der Waals surface area (Å²) >= 11 is 0. The molecule has 110 valence electrons. The lowest BCUT2D eigenvalue weighted by atomic mass is 10.2. The lowest BCUT2D eigenvalue weighted by Crippen LogP contribution is -2.38. The number of hydrogen-bond donors (Lipinski definition) is 2. The highest BCUT2D eigenvalue weighted by atomic mass is 19.3. The second kappa shape index (κ2) is 7.07. The van der Waals surface area contributed by atoms with Gasteiger partial charge in [-0.2, -0.15) is 8.78 Å². The molecule has 1 fully saturated rings. The van der Waals surface area contributed by atoms with E-state index in [1.165, 1.54) is 18.9 Å². The summed E-state index contributed by atoms with van der Waals surface area (Å²) in [6, 6.07) is 7.12. The van der Waals surface area contributed by atoms with Crippen LogP contribution >= 0.6 is 0 Å². The van der Waals surface area contributed by atoms with E-state index in [1.807, 2.05) is 13.0 Å². The van der Waals surface area contributed by atoms with Gasteiger partial charge in [-0.25, -0.2) is 4.99 Å². The largest absolute Gasteiger partial charge is 0.435 e. The average Bonchev–Trinajstić information content (AvgIpc) is 3.20. The third kappa shape index (κ3) is 5.03. The predicted molar refractivity (Wildman–Crippen MR) is 74.0 cm³/mol. The molecule has 0 amide bonds. The van der Waals surface area contributed by atoms with Crippen molar-refractivity contribution in [1.82, 2.24) is 10.6 Å². The molecule has 0 spiro atoms. The molecule has 1 saturated carbocycles. The van der Waals surface area contributed by atoms with Gasteiger partial charge >= 0.3 is 6.61 Å². The molecule has 0 aromatic heterocycles. The second-order valence-corrected chi connectivity index (χ2v) is 4.64. The van der Waals surface area contributed by atoms with Crippen molar-refractivity contribution in [3.63, 3.8) is 0 Å². The molecule has 0 atom stereocenters. The minimum atomic E-state index is -2.80. The molecule has 1 aromatic rings. The highest BCUT2D eigenvalue weighted by Gasteiger charge is 2.21. The summed E-state index contributed by atoms with van der Waals surface area (Å²) in [5.41, 5.74) is 0.830. The number of hydrogen-bond acceptors (Lipinski definition) is 2. The molecule has 0 unspecified atom stereocenters. The normalized spacial score (nSPS) is 15.3. The van der Waals surface area contributed by atoms with Gasteiger partial charge in [0.2, 0.25) is 0 Å². The molecule has 1 aliphatic carbocycles. The van der Waals surface area contributed by atoms with Gasteiger partial charge in [-0.05, 0) is 37.5 Å². The quantitative estimate of drug-likeness (QED) is 0.623. The van der Waals surface area contributed by atoms with Crippen LogP contribution in [0.25, 0.3) is 0 Å². The van der Waals surface area contributed by atoms with Crippen molar-refractivity contribution in [1.29, 1.82) is 0 Å². The Morgan fingerprint density at radius 3 is 2.90 bits per heavy atom. The Morgan fingerprint density at radius 1 is 1.45 bits per heavy atom. The van der Waals surface area contributed by atoms with E-state index in [0.29, 0.717) is 12.6 Å². The number of nitrogens with one attached hydrogen (secondary N) is 2. The van der Waals surface area contributed by atoms with Gasteiger partial charge in [0.25, 0.3) is 0 Å². The first kappa shape index (κ1) is 14.6. The van der Waals surface area contributed by atoms with Gasteiger partial charge in [0.1, 0.15) is 5.75 Å². The van der Waals surface area contributed by atoms with Crippen molar-refractivity contribution in [2.75, 3.05) is 6.54 Å². The molecule has 1 aromatic carbocycles. The Balaban J connectivity index is 1.96. The highest BCUT2D eigenvalue weighted by molar-refractivity contribution is 5.80. The maximum atomic E-state index is 12.1. The van der Waals surface area contributed by atoms with Gasteiger partial charge in [-0.15, -0.1) is 0 Å². The predicted octanol–water partition coefficient (Wildman–Crippen LogP) is 2.51. The molecule has 1 aliphatic rings. The lowest BCUT2D eigenvalue weighted by molar-refractivity contribution is -0.0498. The molecule has 0 aliphatic heterocycles. The van der Waals surface area contributed by atoms with Crippen molar-refractivity contribution >= 4 is 5.96 Å². The zero-order valence-corrected chi connectivity index (χ0v) is 11.4. The summed E-state index contributed by atoms with van der Waals surface area (Å²) in [5.74, 6) is 0.919. The minimum absolute atomic E-state index is 0.160. The smallest absolute Gasteiger partial charge is 0.387 e. The molecule has 0 saturated heterocycles. The number of ether oxygens (including phenoxy) is 1. The average molecular weight is 283 g/mol. The summed E-state index contributed by atoms with van der Waals surface area (Å²) in [5, 5.41) is 6.46. The van der Waals surface area contributed by atoms with E-state index in [2.05, 4.69) is 20.4 Å². The van der Waals surface area contributed by atoms with Crippen LogP contribution in [0.4, 0.5) is 8.78 Å². The van der Waals surface area contributed by atoms with E-state index in [4.69, 9.17) is 0 Å². The Labute approximate surface area is 117 Å². The summed E-state index contributed by atoms with van der Waals surface area (Å²) < 4.78 is 28.7. The minimum Gasteiger partial charge on any atom is -0.435 e. The molecule has 2 rings (SSSR count). The SMILES string of the molecule is CCNC(=NCc1cccc(OC(F)F)c1)NC1CC1. The number of benzene rings is 1. The second-order valence-electron chi connectivity index (χ2n) is 4.64. The number of rotatable bonds is 6. The van der Waals surface area contributed by atoms with Gasteiger partial charge in [-0.1, -0.05) is 12.1 Å². The van der Waals surface area contributed by atoms with Crippen molar-refractivity contribution in [2.24, 2.45) is 4.99 Å². The first-order valence-electron chi connectivity index (χ1n) is 6.76. The third-order valence-corrected chi connectivity index (χ3v) is 2.81. The number of nitrogens with zero attached hydrogens (tertiary/aromatic N) is 1. The molecule has 0 heterocycles. The Morgan fingerprint density at radius 2 is 2.25 bits per heavy atom. The van der Waals surface area contributed by atoms with Crippen LogP contribution in [0.5, 0.6) is 5.75 Å². The van der Waals surface area contributed by atoms with Crippen LogP contribution < -0.4 is 15.4 Å². The number of guanidine groups is 1. The molecule has 20 heavy (non-hydrogen) atoms. The van der Waals surface area contributed by atoms with E-state index in [9.17, 15) is 8.78 Å². The van der Waals surface area contributed by atoms with Crippen LogP contribution in [-0.2, 0) is 6.54 Å². The fraction of sp³-hybridized carbons (Fsp3) is 0.500. The molecule has 6 heteroatoms. The standard InChI is InChI=1S/C14H19F2N3O/c1-2-17-14(19-11-6-7-11)18-9-10-4-3-5-12(8-10)20-13(15)16/h3-5,8,11,13H,2,6-7,9H2,1H3,(H2,17,18,19). The van der Waals surface area contributed by atoms with Crippen LogP contribution in [0.1, 0.15) is 25.3 Å². The van der Waals surface area contributed by atoms with Gasteiger partial charge < -0.3 is 15.4 Å². The Kier molecular flexibility index (Phi) is 5.15. The van der Waals surface area contributed by atoms with Gasteiger partial charge in [0, 0.05) is 12.6 Å².